The van der Waals surface area contributed by atoms with Crippen LogP contribution in [0.1, 0.15) is 28.1 Å². The van der Waals surface area contributed by atoms with Gasteiger partial charge in [0.1, 0.15) is 5.76 Å². The van der Waals surface area contributed by atoms with Gasteiger partial charge in [0.15, 0.2) is 0 Å². The largest absolute Gasteiger partial charge is 0.469 e. The van der Waals surface area contributed by atoms with Crippen LogP contribution in [0.2, 0.25) is 0 Å². The van der Waals surface area contributed by atoms with Crippen molar-refractivity contribution in [3.63, 3.8) is 0 Å². The van der Waals surface area contributed by atoms with Gasteiger partial charge in [-0.2, -0.15) is 0 Å². The second-order valence-corrected chi connectivity index (χ2v) is 8.18. The summed E-state index contributed by atoms with van der Waals surface area (Å²) in [5.74, 6) is 0.595. The minimum absolute atomic E-state index is 0.0421. The van der Waals surface area contributed by atoms with Crippen LogP contribution in [0.5, 0.6) is 0 Å². The number of likely N-dealkylation sites (tertiary alicyclic amines) is 1. The summed E-state index contributed by atoms with van der Waals surface area (Å²) < 4.78 is 5.25. The van der Waals surface area contributed by atoms with Crippen molar-refractivity contribution in [1.82, 2.24) is 14.7 Å². The third-order valence-corrected chi connectivity index (χ3v) is 6.36. The Labute approximate surface area is 172 Å². The molecular weight excluding hydrogens is 366 g/mol. The molecule has 0 unspecified atom stereocenters. The molecule has 1 aromatic carbocycles. The van der Waals surface area contributed by atoms with E-state index < -0.39 is 6.10 Å². The van der Waals surface area contributed by atoms with Crippen LogP contribution in [0.4, 0.5) is 0 Å². The number of piperazine rings is 1. The monoisotopic (exact) mass is 397 g/mol. The van der Waals surface area contributed by atoms with Crippen molar-refractivity contribution in [3.8, 4) is 0 Å². The summed E-state index contributed by atoms with van der Waals surface area (Å²) in [7, 11) is 0. The Morgan fingerprint density at radius 2 is 1.86 bits per heavy atom. The number of rotatable bonds is 5. The molecule has 6 nitrogen and oxygen atoms in total. The van der Waals surface area contributed by atoms with Gasteiger partial charge in [-0.1, -0.05) is 30.3 Å². The second-order valence-electron chi connectivity index (χ2n) is 8.18. The first-order valence-electron chi connectivity index (χ1n) is 10.6. The molecule has 2 aliphatic rings. The highest BCUT2D eigenvalue weighted by Crippen LogP contribution is 2.22. The lowest BCUT2D eigenvalue weighted by Crippen LogP contribution is -2.59. The van der Waals surface area contributed by atoms with Crippen molar-refractivity contribution in [1.29, 1.82) is 0 Å². The molecule has 4 rings (SSSR count). The van der Waals surface area contributed by atoms with Gasteiger partial charge in [-0.25, -0.2) is 0 Å². The minimum Gasteiger partial charge on any atom is -0.469 e. The van der Waals surface area contributed by atoms with Crippen LogP contribution in [0, 0.1) is 6.92 Å². The van der Waals surface area contributed by atoms with Crippen LogP contribution in [-0.4, -0.2) is 83.7 Å². The van der Waals surface area contributed by atoms with Gasteiger partial charge >= 0.3 is 0 Å². The molecule has 0 bridgehead atoms. The lowest BCUT2D eigenvalue weighted by Gasteiger charge is -2.45. The number of hydrogen-bond donors (Lipinski definition) is 1. The number of aliphatic hydroxyl groups is 1. The maximum absolute atomic E-state index is 12.7. The van der Waals surface area contributed by atoms with Crippen LogP contribution in [-0.2, 0) is 6.42 Å². The number of aryl methyl sites for hydroxylation is 1. The van der Waals surface area contributed by atoms with Gasteiger partial charge in [0.2, 0.25) is 0 Å². The number of carbonyl (C=O) groups is 1. The van der Waals surface area contributed by atoms with Crippen molar-refractivity contribution in [2.75, 3.05) is 45.8 Å². The van der Waals surface area contributed by atoms with E-state index in [1.807, 2.05) is 0 Å². The fourth-order valence-corrected chi connectivity index (χ4v) is 4.56. The molecule has 156 valence electrons. The van der Waals surface area contributed by atoms with E-state index in [1.165, 1.54) is 5.56 Å². The molecule has 0 aliphatic carbocycles. The molecule has 0 spiro atoms. The maximum Gasteiger partial charge on any atom is 0.257 e. The molecule has 0 radical (unpaired) electrons. The van der Waals surface area contributed by atoms with Gasteiger partial charge < -0.3 is 19.3 Å². The highest BCUT2D eigenvalue weighted by molar-refractivity contribution is 5.95. The predicted octanol–water partition coefficient (Wildman–Crippen LogP) is 2.02. The number of hydrogen-bond acceptors (Lipinski definition) is 5. The van der Waals surface area contributed by atoms with Crippen LogP contribution >= 0.6 is 0 Å². The molecule has 6 heteroatoms. The standard InChI is InChI=1S/C23H31N3O3/c1-18-20(9-16-29-18)23(28)26-11-8-21(22(27)17-26)25-14-12-24(13-15-25)10-7-19-5-3-2-4-6-19/h2-6,9,16,21-22,27H,7-8,10-15,17H2,1H3/t21-,22-/m1/s1. The summed E-state index contributed by atoms with van der Waals surface area (Å²) in [6.45, 7) is 7.98. The van der Waals surface area contributed by atoms with Gasteiger partial charge in [-0.3, -0.25) is 9.69 Å². The second kappa shape index (κ2) is 9.11. The Hall–Kier alpha value is -2.15. The first kappa shape index (κ1) is 20.1. The smallest absolute Gasteiger partial charge is 0.257 e. The summed E-state index contributed by atoms with van der Waals surface area (Å²) in [6.07, 6.45) is 2.93. The number of nitrogens with zero attached hydrogens (tertiary/aromatic N) is 3. The van der Waals surface area contributed by atoms with Gasteiger partial charge in [0.25, 0.3) is 5.91 Å². The predicted molar refractivity (Wildman–Crippen MR) is 112 cm³/mol. The molecule has 1 aromatic heterocycles. The van der Waals surface area contributed by atoms with E-state index in [1.54, 1.807) is 24.2 Å². The molecule has 2 atom stereocenters. The van der Waals surface area contributed by atoms with E-state index in [4.69, 9.17) is 4.42 Å². The highest BCUT2D eigenvalue weighted by Gasteiger charge is 2.35. The molecule has 1 amide bonds. The van der Waals surface area contributed by atoms with Gasteiger partial charge in [0, 0.05) is 51.9 Å². The summed E-state index contributed by atoms with van der Waals surface area (Å²) in [6, 6.07) is 12.5. The first-order chi connectivity index (χ1) is 14.1. The molecule has 2 fully saturated rings. The first-order valence-corrected chi connectivity index (χ1v) is 10.6. The Kier molecular flexibility index (Phi) is 6.33. The number of furan rings is 1. The third kappa shape index (κ3) is 4.71. The molecule has 2 saturated heterocycles. The molecular formula is C23H31N3O3. The lowest BCUT2D eigenvalue weighted by molar-refractivity contribution is -0.0242. The molecule has 3 heterocycles. The van der Waals surface area contributed by atoms with Gasteiger partial charge in [0.05, 0.1) is 17.9 Å². The topological polar surface area (TPSA) is 60.2 Å². The number of β-amino-alcohol motifs (C(OH)–C–C–N with tert-alkyl or cyclic N) is 1. The lowest BCUT2D eigenvalue weighted by atomic mass is 9.98. The van der Waals surface area contributed by atoms with Crippen LogP contribution in [0.15, 0.2) is 47.1 Å². The summed E-state index contributed by atoms with van der Waals surface area (Å²) >= 11 is 0. The van der Waals surface area contributed by atoms with E-state index in [-0.39, 0.29) is 11.9 Å². The summed E-state index contributed by atoms with van der Waals surface area (Å²) in [5, 5.41) is 10.8. The SMILES string of the molecule is Cc1occc1C(=O)N1CC[C@@H](N2CCN(CCc3ccccc3)CC2)[C@H](O)C1. The average molecular weight is 398 g/mol. The van der Waals surface area contributed by atoms with E-state index in [2.05, 4.69) is 40.1 Å². The number of aliphatic hydroxyl groups excluding tert-OH is 1. The van der Waals surface area contributed by atoms with Crippen LogP contribution in [0.25, 0.3) is 0 Å². The zero-order chi connectivity index (χ0) is 20.2. The van der Waals surface area contributed by atoms with Crippen molar-refractivity contribution in [2.45, 2.75) is 31.9 Å². The number of benzene rings is 1. The number of amides is 1. The Morgan fingerprint density at radius 1 is 1.10 bits per heavy atom. The Balaban J connectivity index is 1.24. The quantitative estimate of drug-likeness (QED) is 0.837. The van der Waals surface area contributed by atoms with Crippen LogP contribution in [0.3, 0.4) is 0 Å². The van der Waals surface area contributed by atoms with Crippen molar-refractivity contribution < 1.29 is 14.3 Å². The third-order valence-electron chi connectivity index (χ3n) is 6.36. The van der Waals surface area contributed by atoms with Crippen molar-refractivity contribution in [2.24, 2.45) is 0 Å². The van der Waals surface area contributed by atoms with E-state index >= 15 is 0 Å². The van der Waals surface area contributed by atoms with Crippen molar-refractivity contribution in [3.05, 3.63) is 59.5 Å². The molecule has 0 saturated carbocycles. The zero-order valence-electron chi connectivity index (χ0n) is 17.2. The Bertz CT molecular complexity index is 799. The summed E-state index contributed by atoms with van der Waals surface area (Å²) in [5.41, 5.74) is 1.98. The van der Waals surface area contributed by atoms with Gasteiger partial charge in [-0.15, -0.1) is 0 Å². The number of carbonyl (C=O) groups excluding carboxylic acids is 1. The summed E-state index contributed by atoms with van der Waals surface area (Å²) in [4.78, 5) is 19.4. The van der Waals surface area contributed by atoms with E-state index in [0.717, 1.165) is 45.6 Å². The van der Waals surface area contributed by atoms with Gasteiger partial charge in [-0.05, 0) is 31.4 Å². The fourth-order valence-electron chi connectivity index (χ4n) is 4.56. The van der Waals surface area contributed by atoms with E-state index in [0.29, 0.717) is 24.4 Å². The maximum atomic E-state index is 12.7. The fraction of sp³-hybridized carbons (Fsp3) is 0.522. The zero-order valence-corrected chi connectivity index (χ0v) is 17.2. The highest BCUT2D eigenvalue weighted by atomic mass is 16.3. The Morgan fingerprint density at radius 3 is 2.52 bits per heavy atom. The molecule has 2 aromatic rings. The molecule has 29 heavy (non-hydrogen) atoms. The van der Waals surface area contributed by atoms with Crippen molar-refractivity contribution >= 4 is 5.91 Å². The molecule has 2 aliphatic heterocycles. The molecule has 1 N–H and O–H groups in total. The minimum atomic E-state index is -0.504. The van der Waals surface area contributed by atoms with Crippen LogP contribution < -0.4 is 0 Å². The average Bonchev–Trinajstić information content (AvgIpc) is 3.19. The number of piperidine rings is 1. The normalized spacial score (nSPS) is 24.0. The van der Waals surface area contributed by atoms with E-state index in [9.17, 15) is 9.90 Å².